The van der Waals surface area contributed by atoms with Crippen molar-refractivity contribution in [3.8, 4) is 17.0 Å². The minimum Gasteiger partial charge on any atom is -0.486 e. The first-order valence-corrected chi connectivity index (χ1v) is 9.80. The van der Waals surface area contributed by atoms with Crippen LogP contribution in [0.3, 0.4) is 0 Å². The van der Waals surface area contributed by atoms with Crippen molar-refractivity contribution in [3.63, 3.8) is 0 Å². The van der Waals surface area contributed by atoms with Gasteiger partial charge in [-0.05, 0) is 36.6 Å². The quantitative estimate of drug-likeness (QED) is 0.525. The van der Waals surface area contributed by atoms with Gasteiger partial charge in [0, 0.05) is 23.9 Å². The van der Waals surface area contributed by atoms with Gasteiger partial charge in [-0.3, -0.25) is 4.40 Å². The zero-order valence-corrected chi connectivity index (χ0v) is 15.9. The van der Waals surface area contributed by atoms with Gasteiger partial charge in [-0.15, -0.1) is 0 Å². The van der Waals surface area contributed by atoms with Crippen molar-refractivity contribution >= 4 is 11.3 Å². The Labute approximate surface area is 168 Å². The van der Waals surface area contributed by atoms with E-state index in [0.717, 1.165) is 35.3 Å². The topological polar surface area (TPSA) is 65.4 Å². The highest BCUT2D eigenvalue weighted by atomic mass is 19.1. The molecule has 146 valence electrons. The maximum atomic E-state index is 14.4. The second-order valence-electron chi connectivity index (χ2n) is 7.40. The van der Waals surface area contributed by atoms with Gasteiger partial charge in [-0.1, -0.05) is 36.8 Å². The summed E-state index contributed by atoms with van der Waals surface area (Å²) >= 11 is 0. The molecular weight excluding hydrogens is 367 g/mol. The average Bonchev–Trinajstić information content (AvgIpc) is 3.07. The first-order valence-electron chi connectivity index (χ1n) is 9.80. The lowest BCUT2D eigenvalue weighted by atomic mass is 9.85. The van der Waals surface area contributed by atoms with Crippen molar-refractivity contribution < 1.29 is 9.13 Å². The summed E-state index contributed by atoms with van der Waals surface area (Å²) in [6.45, 7) is 0.294. The molecule has 1 aliphatic rings. The normalized spacial score (nSPS) is 14.1. The molecule has 1 saturated carbocycles. The fourth-order valence-corrected chi connectivity index (χ4v) is 3.74. The van der Waals surface area contributed by atoms with Gasteiger partial charge >= 0.3 is 0 Å². The van der Waals surface area contributed by atoms with Gasteiger partial charge in [0.25, 0.3) is 0 Å². The molecule has 5 nitrogen and oxygen atoms in total. The molecule has 6 heteroatoms. The van der Waals surface area contributed by atoms with Crippen molar-refractivity contribution in [2.75, 3.05) is 5.73 Å². The number of nitrogens with zero attached hydrogens (tertiary/aromatic N) is 3. The molecule has 0 saturated heterocycles. The third kappa shape index (κ3) is 3.20. The Morgan fingerprint density at radius 2 is 1.97 bits per heavy atom. The summed E-state index contributed by atoms with van der Waals surface area (Å²) in [5.41, 5.74) is 9.40. The van der Waals surface area contributed by atoms with E-state index in [1.54, 1.807) is 18.3 Å². The molecule has 4 aromatic rings. The second kappa shape index (κ2) is 7.20. The fourth-order valence-electron chi connectivity index (χ4n) is 3.74. The van der Waals surface area contributed by atoms with Crippen molar-refractivity contribution in [2.24, 2.45) is 0 Å². The number of halogens is 1. The highest BCUT2D eigenvalue weighted by Gasteiger charge is 2.27. The Balaban J connectivity index is 1.55. The summed E-state index contributed by atoms with van der Waals surface area (Å²) in [6, 6.07) is 14.5. The maximum absolute atomic E-state index is 14.4. The molecule has 1 fully saturated rings. The van der Waals surface area contributed by atoms with Crippen LogP contribution in [0.4, 0.5) is 10.2 Å². The largest absolute Gasteiger partial charge is 0.486 e. The molecule has 0 amide bonds. The average molecular weight is 388 g/mol. The molecular formula is C23H21FN4O. The summed E-state index contributed by atoms with van der Waals surface area (Å²) in [5, 5.41) is 0. The van der Waals surface area contributed by atoms with Crippen LogP contribution in [0.25, 0.3) is 16.8 Å². The molecule has 0 atom stereocenters. The number of nitrogens with two attached hydrogens (primary N) is 1. The van der Waals surface area contributed by atoms with Crippen LogP contribution in [-0.4, -0.2) is 14.4 Å². The number of anilines is 1. The van der Waals surface area contributed by atoms with E-state index in [4.69, 9.17) is 15.5 Å². The highest BCUT2D eigenvalue weighted by Crippen LogP contribution is 2.39. The third-order valence-corrected chi connectivity index (χ3v) is 5.52. The van der Waals surface area contributed by atoms with Gasteiger partial charge in [-0.2, -0.15) is 0 Å². The van der Waals surface area contributed by atoms with Gasteiger partial charge < -0.3 is 10.5 Å². The molecule has 2 aromatic carbocycles. The van der Waals surface area contributed by atoms with Gasteiger partial charge in [0.2, 0.25) is 0 Å². The SMILES string of the molecule is Nc1nccn2c(C3CCC3)nc(-c3ccc(F)c(OCc4ccccc4)c3)c12. The number of benzene rings is 2. The number of imidazole rings is 1. The summed E-state index contributed by atoms with van der Waals surface area (Å²) in [7, 11) is 0. The first kappa shape index (κ1) is 17.7. The number of rotatable bonds is 5. The van der Waals surface area contributed by atoms with Crippen LogP contribution in [0.2, 0.25) is 0 Å². The molecule has 2 N–H and O–H groups in total. The standard InChI is InChI=1S/C23H21FN4O/c24-18-10-9-17(13-19(18)29-14-15-5-2-1-3-6-15)20-21-22(25)26-11-12-28(21)23(27-20)16-7-4-8-16/h1-3,5-6,9-13,16H,4,7-8,14H2,(H2,25,26). The summed E-state index contributed by atoms with van der Waals surface area (Å²) in [5.74, 6) is 1.62. The molecule has 1 aliphatic carbocycles. The number of hydrogen-bond acceptors (Lipinski definition) is 4. The van der Waals surface area contributed by atoms with Crippen LogP contribution in [0.1, 0.15) is 36.6 Å². The lowest BCUT2D eigenvalue weighted by molar-refractivity contribution is 0.290. The van der Waals surface area contributed by atoms with E-state index in [2.05, 4.69) is 4.98 Å². The minimum absolute atomic E-state index is 0.195. The van der Waals surface area contributed by atoms with E-state index in [1.807, 2.05) is 40.9 Å². The summed E-state index contributed by atoms with van der Waals surface area (Å²) in [6.07, 6.45) is 7.04. The van der Waals surface area contributed by atoms with Crippen LogP contribution < -0.4 is 10.5 Å². The molecule has 2 aromatic heterocycles. The molecule has 0 bridgehead atoms. The van der Waals surface area contributed by atoms with E-state index >= 15 is 0 Å². The fraction of sp³-hybridized carbons (Fsp3) is 0.217. The van der Waals surface area contributed by atoms with E-state index < -0.39 is 5.82 Å². The molecule has 29 heavy (non-hydrogen) atoms. The Hall–Kier alpha value is -3.41. The van der Waals surface area contributed by atoms with Crippen molar-refractivity contribution in [3.05, 3.63) is 78.1 Å². The maximum Gasteiger partial charge on any atom is 0.165 e. The number of ether oxygens (including phenoxy) is 1. The molecule has 0 spiro atoms. The predicted molar refractivity (Wildman–Crippen MR) is 110 cm³/mol. The van der Waals surface area contributed by atoms with E-state index in [9.17, 15) is 4.39 Å². The first-order chi connectivity index (χ1) is 14.2. The summed E-state index contributed by atoms with van der Waals surface area (Å²) in [4.78, 5) is 9.13. The van der Waals surface area contributed by atoms with Crippen LogP contribution >= 0.6 is 0 Å². The molecule has 5 rings (SSSR count). The van der Waals surface area contributed by atoms with Crippen LogP contribution in [-0.2, 0) is 6.61 Å². The molecule has 2 heterocycles. The van der Waals surface area contributed by atoms with E-state index in [-0.39, 0.29) is 5.75 Å². The van der Waals surface area contributed by atoms with Crippen molar-refractivity contribution in [1.29, 1.82) is 0 Å². The van der Waals surface area contributed by atoms with E-state index in [1.165, 1.54) is 12.5 Å². The van der Waals surface area contributed by atoms with Crippen molar-refractivity contribution in [1.82, 2.24) is 14.4 Å². The van der Waals surface area contributed by atoms with E-state index in [0.29, 0.717) is 24.0 Å². The monoisotopic (exact) mass is 388 g/mol. The molecule has 0 aliphatic heterocycles. The third-order valence-electron chi connectivity index (χ3n) is 5.52. The zero-order chi connectivity index (χ0) is 19.8. The Bertz CT molecular complexity index is 1170. The van der Waals surface area contributed by atoms with Gasteiger partial charge in [-0.25, -0.2) is 14.4 Å². The lowest BCUT2D eigenvalue weighted by Gasteiger charge is -2.23. The van der Waals surface area contributed by atoms with Gasteiger partial charge in [0.15, 0.2) is 11.6 Å². The number of fused-ring (bicyclic) bond motifs is 1. The second-order valence-corrected chi connectivity index (χ2v) is 7.40. The number of hydrogen-bond donors (Lipinski definition) is 1. The predicted octanol–water partition coefficient (Wildman–Crippen LogP) is 4.96. The molecule has 0 unspecified atom stereocenters. The van der Waals surface area contributed by atoms with Crippen LogP contribution in [0, 0.1) is 5.82 Å². The lowest BCUT2D eigenvalue weighted by Crippen LogP contribution is -2.12. The van der Waals surface area contributed by atoms with Crippen LogP contribution in [0.5, 0.6) is 5.75 Å². The van der Waals surface area contributed by atoms with Crippen molar-refractivity contribution in [2.45, 2.75) is 31.8 Å². The zero-order valence-electron chi connectivity index (χ0n) is 15.9. The van der Waals surface area contributed by atoms with Crippen LogP contribution in [0.15, 0.2) is 60.9 Å². The Morgan fingerprint density at radius 1 is 1.14 bits per heavy atom. The smallest absolute Gasteiger partial charge is 0.165 e. The summed E-state index contributed by atoms with van der Waals surface area (Å²) < 4.78 is 22.2. The molecule has 0 radical (unpaired) electrons. The number of nitrogen functional groups attached to an aromatic ring is 1. The van der Waals surface area contributed by atoms with Gasteiger partial charge in [0.05, 0.1) is 0 Å². The van der Waals surface area contributed by atoms with Gasteiger partial charge in [0.1, 0.15) is 29.5 Å². The highest BCUT2D eigenvalue weighted by molar-refractivity contribution is 5.85. The Kier molecular flexibility index (Phi) is 4.39. The number of aromatic nitrogens is 3. The Morgan fingerprint density at radius 3 is 2.72 bits per heavy atom. The minimum atomic E-state index is -0.404.